The van der Waals surface area contributed by atoms with Gasteiger partial charge in [-0.05, 0) is 24.5 Å². The fourth-order valence-corrected chi connectivity index (χ4v) is 3.07. The molecule has 3 aromatic rings. The van der Waals surface area contributed by atoms with E-state index in [4.69, 9.17) is 4.42 Å². The van der Waals surface area contributed by atoms with Crippen LogP contribution in [-0.2, 0) is 16.8 Å². The van der Waals surface area contributed by atoms with Crippen molar-refractivity contribution in [1.29, 1.82) is 0 Å². The van der Waals surface area contributed by atoms with Crippen LogP contribution in [0.3, 0.4) is 0 Å². The number of amides is 1. The third-order valence-electron chi connectivity index (χ3n) is 4.77. The molecule has 7 nitrogen and oxygen atoms in total. The Hall–Kier alpha value is -3.22. The number of rotatable bonds is 6. The number of pyridine rings is 1. The predicted octanol–water partition coefficient (Wildman–Crippen LogP) is 1.75. The summed E-state index contributed by atoms with van der Waals surface area (Å²) < 4.78 is 6.47. The van der Waals surface area contributed by atoms with E-state index >= 15 is 0 Å². The average molecular weight is 350 g/mol. The standard InChI is InChI=1S/C19H18N4O3/c24-16(20-12-19(8-9-19)15-4-2-1-3-5-15)11-23-10-14(6-7-17(23)25)18-22-21-13-26-18/h1-7,10,13H,8-9,11-12H2,(H,20,24). The summed E-state index contributed by atoms with van der Waals surface area (Å²) in [6, 6.07) is 13.2. The van der Waals surface area contributed by atoms with E-state index in [9.17, 15) is 9.59 Å². The average Bonchev–Trinajstić information content (AvgIpc) is 3.26. The van der Waals surface area contributed by atoms with Crippen LogP contribution in [0.2, 0.25) is 0 Å². The summed E-state index contributed by atoms with van der Waals surface area (Å²) >= 11 is 0. The first kappa shape index (κ1) is 16.3. The first-order chi connectivity index (χ1) is 12.7. The van der Waals surface area contributed by atoms with Crippen molar-refractivity contribution in [3.8, 4) is 11.5 Å². The number of nitrogens with one attached hydrogen (secondary N) is 1. The van der Waals surface area contributed by atoms with Crippen molar-refractivity contribution < 1.29 is 9.21 Å². The molecule has 1 saturated carbocycles. The summed E-state index contributed by atoms with van der Waals surface area (Å²) in [4.78, 5) is 24.4. The molecular weight excluding hydrogens is 332 g/mol. The molecule has 7 heteroatoms. The van der Waals surface area contributed by atoms with Gasteiger partial charge in [0.25, 0.3) is 5.56 Å². The summed E-state index contributed by atoms with van der Waals surface area (Å²) in [7, 11) is 0. The minimum Gasteiger partial charge on any atom is -0.423 e. The minimum atomic E-state index is -0.257. The smallest absolute Gasteiger partial charge is 0.251 e. The molecule has 0 unspecified atom stereocenters. The molecule has 1 N–H and O–H groups in total. The molecule has 4 rings (SSSR count). The minimum absolute atomic E-state index is 0.0352. The molecule has 0 atom stereocenters. The van der Waals surface area contributed by atoms with Gasteiger partial charge in [0, 0.05) is 24.2 Å². The lowest BCUT2D eigenvalue weighted by atomic mass is 9.96. The number of nitrogens with zero attached hydrogens (tertiary/aromatic N) is 3. The molecule has 0 aliphatic heterocycles. The van der Waals surface area contributed by atoms with E-state index in [0.717, 1.165) is 12.8 Å². The van der Waals surface area contributed by atoms with Gasteiger partial charge in [-0.2, -0.15) is 0 Å². The molecule has 26 heavy (non-hydrogen) atoms. The van der Waals surface area contributed by atoms with Gasteiger partial charge in [-0.1, -0.05) is 30.3 Å². The van der Waals surface area contributed by atoms with Gasteiger partial charge in [-0.3, -0.25) is 9.59 Å². The highest BCUT2D eigenvalue weighted by Crippen LogP contribution is 2.47. The van der Waals surface area contributed by atoms with Gasteiger partial charge in [-0.25, -0.2) is 0 Å². The zero-order valence-corrected chi connectivity index (χ0v) is 14.1. The van der Waals surface area contributed by atoms with E-state index in [1.165, 1.54) is 22.6 Å². The van der Waals surface area contributed by atoms with Crippen LogP contribution >= 0.6 is 0 Å². The van der Waals surface area contributed by atoms with Gasteiger partial charge in [-0.15, -0.1) is 10.2 Å². The van der Waals surface area contributed by atoms with Crippen LogP contribution in [0.5, 0.6) is 0 Å². The maximum atomic E-state index is 12.3. The van der Waals surface area contributed by atoms with Crippen molar-refractivity contribution in [1.82, 2.24) is 20.1 Å². The highest BCUT2D eigenvalue weighted by atomic mass is 16.4. The normalized spacial score (nSPS) is 14.8. The molecular formula is C19H18N4O3. The Morgan fingerprint density at radius 2 is 2.00 bits per heavy atom. The second-order valence-corrected chi connectivity index (χ2v) is 6.55. The number of hydrogen-bond donors (Lipinski definition) is 1. The van der Waals surface area contributed by atoms with E-state index in [-0.39, 0.29) is 23.4 Å². The van der Waals surface area contributed by atoms with E-state index in [0.29, 0.717) is 18.0 Å². The zero-order valence-electron chi connectivity index (χ0n) is 14.1. The molecule has 1 aromatic carbocycles. The second-order valence-electron chi connectivity index (χ2n) is 6.55. The Kier molecular flexibility index (Phi) is 4.12. The van der Waals surface area contributed by atoms with Gasteiger partial charge >= 0.3 is 0 Å². The highest BCUT2D eigenvalue weighted by molar-refractivity contribution is 5.76. The van der Waals surface area contributed by atoms with Crippen molar-refractivity contribution in [3.63, 3.8) is 0 Å². The van der Waals surface area contributed by atoms with Crippen molar-refractivity contribution in [2.45, 2.75) is 24.8 Å². The topological polar surface area (TPSA) is 90.0 Å². The number of benzene rings is 1. The second kappa shape index (κ2) is 6.59. The number of carbonyl (C=O) groups excluding carboxylic acids is 1. The van der Waals surface area contributed by atoms with Crippen LogP contribution in [0.15, 0.2) is 64.3 Å². The van der Waals surface area contributed by atoms with Crippen LogP contribution in [0.1, 0.15) is 18.4 Å². The molecule has 2 heterocycles. The molecule has 1 aliphatic carbocycles. The Morgan fingerprint density at radius 3 is 2.69 bits per heavy atom. The summed E-state index contributed by atoms with van der Waals surface area (Å²) in [5.41, 5.74) is 1.62. The van der Waals surface area contributed by atoms with Crippen LogP contribution in [0, 0.1) is 0 Å². The van der Waals surface area contributed by atoms with E-state index < -0.39 is 0 Å². The predicted molar refractivity (Wildman–Crippen MR) is 94.4 cm³/mol. The van der Waals surface area contributed by atoms with Gasteiger partial charge in [0.05, 0.1) is 5.56 Å². The van der Waals surface area contributed by atoms with Gasteiger partial charge < -0.3 is 14.3 Å². The van der Waals surface area contributed by atoms with Gasteiger partial charge in [0.2, 0.25) is 18.2 Å². The maximum Gasteiger partial charge on any atom is 0.251 e. The summed E-state index contributed by atoms with van der Waals surface area (Å²) in [6.45, 7) is 0.527. The monoisotopic (exact) mass is 350 g/mol. The fourth-order valence-electron chi connectivity index (χ4n) is 3.07. The lowest BCUT2D eigenvalue weighted by molar-refractivity contribution is -0.121. The number of aromatic nitrogens is 3. The van der Waals surface area contributed by atoms with Crippen molar-refractivity contribution in [3.05, 3.63) is 71.0 Å². The molecule has 1 aliphatic rings. The zero-order chi connectivity index (χ0) is 18.0. The van der Waals surface area contributed by atoms with E-state index in [2.05, 4.69) is 27.6 Å². The number of hydrogen-bond acceptors (Lipinski definition) is 5. The molecule has 0 radical (unpaired) electrons. The van der Waals surface area contributed by atoms with Crippen LogP contribution in [0.25, 0.3) is 11.5 Å². The van der Waals surface area contributed by atoms with Crippen molar-refractivity contribution >= 4 is 5.91 Å². The Labute approximate surface area is 149 Å². The third-order valence-corrected chi connectivity index (χ3v) is 4.77. The van der Waals surface area contributed by atoms with Gasteiger partial charge in [0.1, 0.15) is 6.54 Å². The molecule has 2 aromatic heterocycles. The Balaban J connectivity index is 1.43. The fraction of sp³-hybridized carbons (Fsp3) is 0.263. The molecule has 1 amide bonds. The van der Waals surface area contributed by atoms with Crippen LogP contribution in [-0.4, -0.2) is 27.2 Å². The van der Waals surface area contributed by atoms with E-state index in [1.807, 2.05) is 18.2 Å². The van der Waals surface area contributed by atoms with Crippen LogP contribution < -0.4 is 10.9 Å². The summed E-state index contributed by atoms with van der Waals surface area (Å²) in [5.74, 6) is 0.108. The Morgan fingerprint density at radius 1 is 1.19 bits per heavy atom. The third kappa shape index (κ3) is 3.28. The lowest BCUT2D eigenvalue weighted by Crippen LogP contribution is -2.36. The van der Waals surface area contributed by atoms with Gasteiger partial charge in [0.15, 0.2) is 0 Å². The quantitative estimate of drug-likeness (QED) is 0.731. The van der Waals surface area contributed by atoms with Crippen LogP contribution in [0.4, 0.5) is 0 Å². The SMILES string of the molecule is O=C(Cn1cc(-c2nnco2)ccc1=O)NCC1(c2ccccc2)CC1. The summed E-state index contributed by atoms with van der Waals surface area (Å²) in [5, 5.41) is 10.4. The first-order valence-electron chi connectivity index (χ1n) is 8.46. The number of carbonyl (C=O) groups is 1. The molecule has 132 valence electrons. The largest absolute Gasteiger partial charge is 0.423 e. The summed E-state index contributed by atoms with van der Waals surface area (Å²) in [6.07, 6.45) is 4.89. The molecule has 1 fully saturated rings. The highest BCUT2D eigenvalue weighted by Gasteiger charge is 2.44. The first-order valence-corrected chi connectivity index (χ1v) is 8.46. The lowest BCUT2D eigenvalue weighted by Gasteiger charge is -2.17. The van der Waals surface area contributed by atoms with Crippen molar-refractivity contribution in [2.75, 3.05) is 6.54 Å². The molecule has 0 spiro atoms. The molecule has 0 bridgehead atoms. The van der Waals surface area contributed by atoms with Crippen molar-refractivity contribution in [2.24, 2.45) is 0 Å². The Bertz CT molecular complexity index is 960. The maximum absolute atomic E-state index is 12.3. The molecule has 0 saturated heterocycles. The van der Waals surface area contributed by atoms with E-state index in [1.54, 1.807) is 12.3 Å².